The lowest BCUT2D eigenvalue weighted by Crippen LogP contribution is -2.49. The summed E-state index contributed by atoms with van der Waals surface area (Å²) in [5.41, 5.74) is -0.111. The average molecular weight is 394 g/mol. The molecule has 3 saturated heterocycles. The summed E-state index contributed by atoms with van der Waals surface area (Å²) in [7, 11) is -1.21. The van der Waals surface area contributed by atoms with Gasteiger partial charge in [0.1, 0.15) is 0 Å². The van der Waals surface area contributed by atoms with Crippen molar-refractivity contribution in [3.8, 4) is 0 Å². The molecule has 0 radical (unpaired) electrons. The molecule has 0 saturated carbocycles. The van der Waals surface area contributed by atoms with Gasteiger partial charge in [-0.15, -0.1) is 0 Å². The SMILES string of the molecule is CN1CCN(CC2CCC3(CCN(S(=O)(=O)c4ccccc4)CC3)O2)CC1. The van der Waals surface area contributed by atoms with E-state index in [0.717, 1.165) is 58.4 Å². The third kappa shape index (κ3) is 4.22. The highest BCUT2D eigenvalue weighted by Crippen LogP contribution is 2.40. The Hall–Kier alpha value is -0.990. The zero-order valence-corrected chi connectivity index (χ0v) is 17.0. The van der Waals surface area contributed by atoms with Crippen molar-refractivity contribution in [3.05, 3.63) is 30.3 Å². The lowest BCUT2D eigenvalue weighted by Gasteiger charge is -2.39. The van der Waals surface area contributed by atoms with Gasteiger partial charge in [0, 0.05) is 45.8 Å². The van der Waals surface area contributed by atoms with E-state index >= 15 is 0 Å². The summed E-state index contributed by atoms with van der Waals surface area (Å²) < 4.78 is 33.8. The minimum Gasteiger partial charge on any atom is -0.370 e. The first-order valence-electron chi connectivity index (χ1n) is 10.1. The molecule has 1 aromatic rings. The van der Waals surface area contributed by atoms with Crippen LogP contribution in [0.25, 0.3) is 0 Å². The van der Waals surface area contributed by atoms with Crippen molar-refractivity contribution in [3.63, 3.8) is 0 Å². The molecule has 1 unspecified atom stereocenters. The second-order valence-corrected chi connectivity index (χ2v) is 10.2. The topological polar surface area (TPSA) is 53.1 Å². The number of piperazine rings is 1. The Bertz CT molecular complexity index is 724. The van der Waals surface area contributed by atoms with E-state index in [0.29, 0.717) is 24.1 Å². The Morgan fingerprint density at radius 1 is 1.00 bits per heavy atom. The first-order valence-corrected chi connectivity index (χ1v) is 11.5. The molecule has 3 aliphatic heterocycles. The van der Waals surface area contributed by atoms with Crippen LogP contribution in [0, 0.1) is 0 Å². The smallest absolute Gasteiger partial charge is 0.243 e. The van der Waals surface area contributed by atoms with Crippen LogP contribution in [0.5, 0.6) is 0 Å². The van der Waals surface area contributed by atoms with Crippen molar-refractivity contribution in [2.45, 2.75) is 42.3 Å². The number of benzene rings is 1. The van der Waals surface area contributed by atoms with Crippen LogP contribution in [0.2, 0.25) is 0 Å². The Kier molecular flexibility index (Phi) is 5.58. The van der Waals surface area contributed by atoms with E-state index in [1.54, 1.807) is 28.6 Å². The monoisotopic (exact) mass is 393 g/mol. The molecule has 3 fully saturated rings. The molecule has 0 amide bonds. The molecular formula is C20H31N3O3S. The van der Waals surface area contributed by atoms with Crippen LogP contribution < -0.4 is 0 Å². The van der Waals surface area contributed by atoms with Crippen molar-refractivity contribution >= 4 is 10.0 Å². The van der Waals surface area contributed by atoms with Gasteiger partial charge in [-0.05, 0) is 44.9 Å². The molecule has 6 nitrogen and oxygen atoms in total. The molecule has 1 atom stereocenters. The number of rotatable bonds is 4. The molecule has 0 bridgehead atoms. The Labute approximate surface area is 163 Å². The predicted octanol–water partition coefficient (Wildman–Crippen LogP) is 1.64. The number of piperidine rings is 1. The molecule has 1 aromatic carbocycles. The van der Waals surface area contributed by atoms with Gasteiger partial charge < -0.3 is 9.64 Å². The number of sulfonamides is 1. The van der Waals surface area contributed by atoms with E-state index in [1.807, 2.05) is 6.07 Å². The van der Waals surface area contributed by atoms with E-state index in [-0.39, 0.29) is 5.60 Å². The highest BCUT2D eigenvalue weighted by atomic mass is 32.2. The van der Waals surface area contributed by atoms with Gasteiger partial charge in [-0.25, -0.2) is 8.42 Å². The van der Waals surface area contributed by atoms with Crippen LogP contribution in [-0.4, -0.2) is 87.1 Å². The van der Waals surface area contributed by atoms with E-state index in [4.69, 9.17) is 4.74 Å². The molecular weight excluding hydrogens is 362 g/mol. The summed E-state index contributed by atoms with van der Waals surface area (Å²) in [4.78, 5) is 5.27. The van der Waals surface area contributed by atoms with Gasteiger partial charge in [-0.1, -0.05) is 18.2 Å². The van der Waals surface area contributed by atoms with E-state index in [9.17, 15) is 8.42 Å². The molecule has 150 valence electrons. The van der Waals surface area contributed by atoms with Crippen molar-refractivity contribution in [1.29, 1.82) is 0 Å². The molecule has 3 heterocycles. The van der Waals surface area contributed by atoms with Gasteiger partial charge in [0.25, 0.3) is 0 Å². The number of ether oxygens (including phenoxy) is 1. The number of nitrogens with zero attached hydrogens (tertiary/aromatic N) is 3. The van der Waals surface area contributed by atoms with Gasteiger partial charge in [0.05, 0.1) is 16.6 Å². The first kappa shape index (κ1) is 19.3. The minimum absolute atomic E-state index is 0.111. The summed E-state index contributed by atoms with van der Waals surface area (Å²) >= 11 is 0. The van der Waals surface area contributed by atoms with Gasteiger partial charge in [0.2, 0.25) is 10.0 Å². The zero-order valence-electron chi connectivity index (χ0n) is 16.2. The third-order valence-corrected chi connectivity index (χ3v) is 8.32. The standard InChI is InChI=1S/C20H31N3O3S/c1-21-13-15-22(16-14-21)17-18-7-8-20(26-18)9-11-23(12-10-20)27(24,25)19-5-3-2-4-6-19/h2-6,18H,7-17H2,1H3. The zero-order chi connectivity index (χ0) is 18.9. The maximum absolute atomic E-state index is 12.8. The highest BCUT2D eigenvalue weighted by Gasteiger charge is 2.44. The van der Waals surface area contributed by atoms with Crippen LogP contribution in [0.4, 0.5) is 0 Å². The molecule has 0 aliphatic carbocycles. The Morgan fingerprint density at radius 2 is 1.67 bits per heavy atom. The van der Waals surface area contributed by atoms with Crippen LogP contribution in [0.3, 0.4) is 0 Å². The summed E-state index contributed by atoms with van der Waals surface area (Å²) in [6.45, 7) is 6.62. The molecule has 4 rings (SSSR count). The predicted molar refractivity (Wildman–Crippen MR) is 105 cm³/mol. The van der Waals surface area contributed by atoms with E-state index in [1.165, 1.54) is 0 Å². The molecule has 1 spiro atoms. The van der Waals surface area contributed by atoms with Crippen LogP contribution in [0.1, 0.15) is 25.7 Å². The average Bonchev–Trinajstić information content (AvgIpc) is 3.07. The summed E-state index contributed by atoms with van der Waals surface area (Å²) in [6.07, 6.45) is 4.06. The van der Waals surface area contributed by atoms with E-state index in [2.05, 4.69) is 16.8 Å². The highest BCUT2D eigenvalue weighted by molar-refractivity contribution is 7.89. The van der Waals surface area contributed by atoms with Crippen molar-refractivity contribution in [2.24, 2.45) is 0 Å². The summed E-state index contributed by atoms with van der Waals surface area (Å²) in [5, 5.41) is 0. The van der Waals surface area contributed by atoms with Gasteiger partial charge in [-0.2, -0.15) is 4.31 Å². The Morgan fingerprint density at radius 3 is 2.33 bits per heavy atom. The van der Waals surface area contributed by atoms with Crippen molar-refractivity contribution in [2.75, 3.05) is 52.9 Å². The Balaban J connectivity index is 1.31. The van der Waals surface area contributed by atoms with Crippen LogP contribution in [0.15, 0.2) is 35.2 Å². The van der Waals surface area contributed by atoms with Crippen LogP contribution in [-0.2, 0) is 14.8 Å². The van der Waals surface area contributed by atoms with Gasteiger partial charge in [0.15, 0.2) is 0 Å². The first-order chi connectivity index (χ1) is 13.0. The largest absolute Gasteiger partial charge is 0.370 e. The van der Waals surface area contributed by atoms with Crippen molar-refractivity contribution < 1.29 is 13.2 Å². The maximum Gasteiger partial charge on any atom is 0.243 e. The van der Waals surface area contributed by atoms with Gasteiger partial charge in [-0.3, -0.25) is 4.90 Å². The number of hydrogen-bond acceptors (Lipinski definition) is 5. The maximum atomic E-state index is 12.8. The lowest BCUT2D eigenvalue weighted by molar-refractivity contribution is -0.0777. The third-order valence-electron chi connectivity index (χ3n) is 6.41. The minimum atomic E-state index is -3.38. The molecule has 27 heavy (non-hydrogen) atoms. The van der Waals surface area contributed by atoms with E-state index < -0.39 is 10.0 Å². The fourth-order valence-electron chi connectivity index (χ4n) is 4.59. The normalized spacial score (nSPS) is 28.0. The fraction of sp³-hybridized carbons (Fsp3) is 0.700. The number of hydrogen-bond donors (Lipinski definition) is 0. The molecule has 0 N–H and O–H groups in total. The van der Waals surface area contributed by atoms with Gasteiger partial charge >= 0.3 is 0 Å². The summed E-state index contributed by atoms with van der Waals surface area (Å²) in [5.74, 6) is 0. The quantitative estimate of drug-likeness (QED) is 0.778. The molecule has 7 heteroatoms. The second-order valence-electron chi connectivity index (χ2n) is 8.28. The fourth-order valence-corrected chi connectivity index (χ4v) is 6.05. The van der Waals surface area contributed by atoms with Crippen LogP contribution >= 0.6 is 0 Å². The second kappa shape index (κ2) is 7.79. The molecule has 3 aliphatic rings. The van der Waals surface area contributed by atoms with Crippen molar-refractivity contribution in [1.82, 2.24) is 14.1 Å². The summed E-state index contributed by atoms with van der Waals surface area (Å²) in [6, 6.07) is 8.76. The lowest BCUT2D eigenvalue weighted by atomic mass is 9.89. The molecule has 0 aromatic heterocycles. The number of likely N-dealkylation sites (N-methyl/N-ethyl adjacent to an activating group) is 1.